The Morgan fingerprint density at radius 2 is 1.66 bits per heavy atom. The van der Waals surface area contributed by atoms with Gasteiger partial charge in [-0.15, -0.1) is 0 Å². The van der Waals surface area contributed by atoms with Gasteiger partial charge in [0.15, 0.2) is 0 Å². The Hall–Kier alpha value is -3.35. The van der Waals surface area contributed by atoms with E-state index in [9.17, 15) is 24.2 Å². The molecule has 29 heavy (non-hydrogen) atoms. The third-order valence-corrected chi connectivity index (χ3v) is 5.83. The van der Waals surface area contributed by atoms with Crippen molar-refractivity contribution in [3.05, 3.63) is 77.2 Å². The topological polar surface area (TPSA) is 110 Å². The first-order valence-electron chi connectivity index (χ1n) is 8.99. The van der Waals surface area contributed by atoms with Gasteiger partial charge in [-0.3, -0.25) is 9.59 Å². The number of carbonyl (C=O) groups is 2. The molecule has 1 aliphatic rings. The van der Waals surface area contributed by atoms with Gasteiger partial charge in [0.05, 0.1) is 7.11 Å². The fourth-order valence-electron chi connectivity index (χ4n) is 4.03. The molecule has 2 aromatic rings. The van der Waals surface area contributed by atoms with Crippen LogP contribution in [0.1, 0.15) is 30.4 Å². The van der Waals surface area contributed by atoms with Gasteiger partial charge < -0.3 is 20.7 Å². The van der Waals surface area contributed by atoms with Crippen LogP contribution in [0.4, 0.5) is 4.39 Å². The maximum Gasteiger partial charge on any atom is 0.315 e. The smallest absolute Gasteiger partial charge is 0.315 e. The Labute approximate surface area is 167 Å². The molecule has 0 spiro atoms. The minimum atomic E-state index is -1.62. The van der Waals surface area contributed by atoms with Crippen LogP contribution in [0, 0.1) is 11.2 Å². The molecule has 0 amide bonds. The highest BCUT2D eigenvalue weighted by Gasteiger charge is 2.57. The zero-order valence-corrected chi connectivity index (χ0v) is 16.1. The van der Waals surface area contributed by atoms with Crippen LogP contribution in [0.2, 0.25) is 0 Å². The summed E-state index contributed by atoms with van der Waals surface area (Å²) in [4.78, 5) is 24.8. The van der Waals surface area contributed by atoms with Crippen molar-refractivity contribution in [2.75, 3.05) is 7.11 Å². The normalized spacial score (nSPS) is 26.4. The van der Waals surface area contributed by atoms with E-state index < -0.39 is 34.5 Å². The summed E-state index contributed by atoms with van der Waals surface area (Å²) in [5.41, 5.74) is 3.93. The molecule has 0 radical (unpaired) electrons. The molecule has 6 nitrogen and oxygen atoms in total. The van der Waals surface area contributed by atoms with Crippen molar-refractivity contribution in [2.24, 2.45) is 11.1 Å². The summed E-state index contributed by atoms with van der Waals surface area (Å²) in [6.07, 6.45) is 1.21. The van der Waals surface area contributed by atoms with Crippen molar-refractivity contribution in [1.29, 1.82) is 0 Å². The van der Waals surface area contributed by atoms with Crippen molar-refractivity contribution in [3.8, 4) is 5.75 Å². The molecule has 4 N–H and O–H groups in total. The SMILES string of the molecule is COc1ccc(C2(C(=O)O)CC(C)(C(=O)O)C(N)=CC2c2ccc(F)cc2)cc1. The number of hydrogen-bond acceptors (Lipinski definition) is 4. The molecule has 2 aromatic carbocycles. The number of rotatable bonds is 5. The Balaban J connectivity index is 2.30. The molecular weight excluding hydrogens is 377 g/mol. The summed E-state index contributed by atoms with van der Waals surface area (Å²) in [5.74, 6) is -3.10. The molecule has 1 aliphatic carbocycles. The van der Waals surface area contributed by atoms with Gasteiger partial charge in [0.25, 0.3) is 0 Å². The van der Waals surface area contributed by atoms with Crippen molar-refractivity contribution < 1.29 is 28.9 Å². The Kier molecular flexibility index (Phi) is 5.09. The second-order valence-electron chi connectivity index (χ2n) is 7.47. The number of nitrogens with two attached hydrogens (primary N) is 1. The third kappa shape index (κ3) is 3.22. The minimum absolute atomic E-state index is 0.0738. The lowest BCUT2D eigenvalue weighted by Crippen LogP contribution is -2.52. The summed E-state index contributed by atoms with van der Waals surface area (Å²) in [6, 6.07) is 11.9. The molecule has 3 rings (SSSR count). The maximum absolute atomic E-state index is 13.5. The number of allylic oxidation sites excluding steroid dienone is 1. The summed E-state index contributed by atoms with van der Waals surface area (Å²) in [7, 11) is 1.49. The number of aliphatic carboxylic acids is 2. The fraction of sp³-hybridized carbons (Fsp3) is 0.273. The summed E-state index contributed by atoms with van der Waals surface area (Å²) in [6.45, 7) is 1.42. The number of halogens is 1. The van der Waals surface area contributed by atoms with Crippen LogP contribution in [0.3, 0.4) is 0 Å². The van der Waals surface area contributed by atoms with Gasteiger partial charge >= 0.3 is 11.9 Å². The zero-order valence-electron chi connectivity index (χ0n) is 16.1. The Morgan fingerprint density at radius 1 is 1.07 bits per heavy atom. The molecule has 0 bridgehead atoms. The average Bonchev–Trinajstić information content (AvgIpc) is 2.70. The van der Waals surface area contributed by atoms with E-state index in [0.717, 1.165) is 0 Å². The van der Waals surface area contributed by atoms with Crippen LogP contribution in [-0.4, -0.2) is 29.3 Å². The van der Waals surface area contributed by atoms with Crippen molar-refractivity contribution in [2.45, 2.75) is 24.7 Å². The predicted octanol–water partition coefficient (Wildman–Crippen LogP) is 3.28. The van der Waals surface area contributed by atoms with Crippen molar-refractivity contribution >= 4 is 11.9 Å². The highest BCUT2D eigenvalue weighted by Crippen LogP contribution is 2.54. The van der Waals surface area contributed by atoms with Gasteiger partial charge in [0.1, 0.15) is 22.4 Å². The standard InChI is InChI=1S/C22H22FNO5/c1-21(19(25)26)12-22(20(27)28,14-5-9-16(29-2)10-6-14)17(11-18(21)24)13-3-7-15(23)8-4-13/h3-11,17H,12,24H2,1-2H3,(H,25,26)(H,27,28). The van der Waals surface area contributed by atoms with Crippen LogP contribution in [0.15, 0.2) is 60.3 Å². The largest absolute Gasteiger partial charge is 0.497 e. The molecule has 0 fully saturated rings. The van der Waals surface area contributed by atoms with E-state index in [-0.39, 0.29) is 12.1 Å². The molecule has 152 valence electrons. The number of benzene rings is 2. The molecular formula is C22H22FNO5. The van der Waals surface area contributed by atoms with Crippen molar-refractivity contribution in [3.63, 3.8) is 0 Å². The highest BCUT2D eigenvalue weighted by molar-refractivity contribution is 5.88. The molecule has 7 heteroatoms. The molecule has 3 atom stereocenters. The Morgan fingerprint density at radius 3 is 2.14 bits per heavy atom. The third-order valence-electron chi connectivity index (χ3n) is 5.83. The zero-order chi connectivity index (χ0) is 21.4. The number of hydrogen-bond donors (Lipinski definition) is 3. The lowest BCUT2D eigenvalue weighted by atomic mass is 9.55. The maximum atomic E-state index is 13.5. The van der Waals surface area contributed by atoms with Crippen LogP contribution < -0.4 is 10.5 Å². The summed E-state index contributed by atoms with van der Waals surface area (Å²) in [5, 5.41) is 20.2. The van der Waals surface area contributed by atoms with E-state index in [1.807, 2.05) is 0 Å². The van der Waals surface area contributed by atoms with Crippen LogP contribution in [0.25, 0.3) is 0 Å². The van der Waals surface area contributed by atoms with Gasteiger partial charge in [-0.05, 0) is 48.7 Å². The van der Waals surface area contributed by atoms with Gasteiger partial charge in [0, 0.05) is 11.6 Å². The number of carboxylic acids is 2. The summed E-state index contributed by atoms with van der Waals surface area (Å²) >= 11 is 0. The van der Waals surface area contributed by atoms with E-state index in [1.165, 1.54) is 44.4 Å². The van der Waals surface area contributed by atoms with Gasteiger partial charge in [-0.2, -0.15) is 0 Å². The van der Waals surface area contributed by atoms with Crippen LogP contribution in [-0.2, 0) is 15.0 Å². The van der Waals surface area contributed by atoms with E-state index in [2.05, 4.69) is 0 Å². The van der Waals surface area contributed by atoms with E-state index in [0.29, 0.717) is 16.9 Å². The van der Waals surface area contributed by atoms with E-state index in [1.54, 1.807) is 24.3 Å². The minimum Gasteiger partial charge on any atom is -0.497 e. The van der Waals surface area contributed by atoms with Crippen molar-refractivity contribution in [1.82, 2.24) is 0 Å². The molecule has 0 saturated carbocycles. The van der Waals surface area contributed by atoms with Gasteiger partial charge in [-0.25, -0.2) is 4.39 Å². The van der Waals surface area contributed by atoms with Gasteiger partial charge in [0.2, 0.25) is 0 Å². The molecule has 0 heterocycles. The summed E-state index contributed by atoms with van der Waals surface area (Å²) < 4.78 is 18.6. The lowest BCUT2D eigenvalue weighted by Gasteiger charge is -2.46. The Bertz CT molecular complexity index is 970. The highest BCUT2D eigenvalue weighted by atomic mass is 19.1. The monoisotopic (exact) mass is 399 g/mol. The molecule has 3 unspecified atom stereocenters. The van der Waals surface area contributed by atoms with Gasteiger partial charge in [-0.1, -0.05) is 30.3 Å². The predicted molar refractivity (Wildman–Crippen MR) is 104 cm³/mol. The molecule has 0 aromatic heterocycles. The molecule has 0 aliphatic heterocycles. The van der Waals surface area contributed by atoms with Crippen LogP contribution >= 0.6 is 0 Å². The number of methoxy groups -OCH3 is 1. The van der Waals surface area contributed by atoms with E-state index in [4.69, 9.17) is 10.5 Å². The molecule has 0 saturated heterocycles. The number of carboxylic acid groups (broad SMARTS) is 2. The second-order valence-corrected chi connectivity index (χ2v) is 7.47. The quantitative estimate of drug-likeness (QED) is 0.712. The number of ether oxygens (including phenoxy) is 1. The lowest BCUT2D eigenvalue weighted by molar-refractivity contribution is -0.152. The first kappa shape index (κ1) is 20.4. The first-order chi connectivity index (χ1) is 13.6. The second kappa shape index (κ2) is 7.24. The average molecular weight is 399 g/mol. The fourth-order valence-corrected chi connectivity index (χ4v) is 4.03. The first-order valence-corrected chi connectivity index (χ1v) is 8.99. The van der Waals surface area contributed by atoms with Crippen LogP contribution in [0.5, 0.6) is 5.75 Å². The van der Waals surface area contributed by atoms with E-state index >= 15 is 0 Å².